The molecule has 6 heteroatoms. The summed E-state index contributed by atoms with van der Waals surface area (Å²) in [6.07, 6.45) is 2.03. The van der Waals surface area contributed by atoms with Crippen LogP contribution in [0, 0.1) is 5.82 Å². The first-order valence-electron chi connectivity index (χ1n) is 9.15. The number of likely N-dealkylation sites (tertiary alicyclic amines) is 1. The SMILES string of the molecule is O=C(CCN1CCOCC1)N1CCC[C@H](O)[C@@H]1Cc1ccc(F)cc1. The Balaban J connectivity index is 1.60. The molecule has 2 atom stereocenters. The number of piperidine rings is 1. The van der Waals surface area contributed by atoms with Crippen molar-refractivity contribution < 1.29 is 19.0 Å². The second-order valence-electron chi connectivity index (χ2n) is 6.90. The smallest absolute Gasteiger partial charge is 0.224 e. The van der Waals surface area contributed by atoms with Gasteiger partial charge in [0.2, 0.25) is 5.91 Å². The normalized spacial score (nSPS) is 25.1. The van der Waals surface area contributed by atoms with Crippen LogP contribution in [0.2, 0.25) is 0 Å². The zero-order chi connectivity index (χ0) is 17.6. The molecule has 0 radical (unpaired) electrons. The minimum Gasteiger partial charge on any atom is -0.391 e. The predicted molar refractivity (Wildman–Crippen MR) is 92.7 cm³/mol. The highest BCUT2D eigenvalue weighted by atomic mass is 19.1. The van der Waals surface area contributed by atoms with Gasteiger partial charge in [0.1, 0.15) is 5.82 Å². The zero-order valence-corrected chi connectivity index (χ0v) is 14.6. The van der Waals surface area contributed by atoms with E-state index in [-0.39, 0.29) is 17.8 Å². The molecule has 0 aromatic heterocycles. The number of ether oxygens (including phenoxy) is 1. The number of morpholine rings is 1. The topological polar surface area (TPSA) is 53.0 Å². The minimum absolute atomic E-state index is 0.0948. The van der Waals surface area contributed by atoms with Crippen molar-refractivity contribution in [2.24, 2.45) is 0 Å². The summed E-state index contributed by atoms with van der Waals surface area (Å²) in [7, 11) is 0. The lowest BCUT2D eigenvalue weighted by Gasteiger charge is -2.40. The number of carbonyl (C=O) groups is 1. The van der Waals surface area contributed by atoms with Gasteiger partial charge in [-0.05, 0) is 37.0 Å². The number of halogens is 1. The van der Waals surface area contributed by atoms with Crippen LogP contribution in [0.4, 0.5) is 4.39 Å². The molecule has 1 aromatic rings. The van der Waals surface area contributed by atoms with Gasteiger partial charge in [0.05, 0.1) is 25.4 Å². The highest BCUT2D eigenvalue weighted by Crippen LogP contribution is 2.22. The summed E-state index contributed by atoms with van der Waals surface area (Å²) in [6.45, 7) is 4.61. The van der Waals surface area contributed by atoms with E-state index in [0.29, 0.717) is 25.8 Å². The van der Waals surface area contributed by atoms with Gasteiger partial charge in [-0.2, -0.15) is 0 Å². The van der Waals surface area contributed by atoms with Crippen LogP contribution in [0.5, 0.6) is 0 Å². The molecule has 1 N–H and O–H groups in total. The summed E-state index contributed by atoms with van der Waals surface area (Å²) in [5.41, 5.74) is 0.943. The molecular weight excluding hydrogens is 323 g/mol. The lowest BCUT2D eigenvalue weighted by molar-refractivity contribution is -0.139. The number of benzene rings is 1. The standard InChI is InChI=1S/C19H27FN2O3/c20-16-5-3-15(4-6-16)14-17-18(23)2-1-8-22(17)19(24)7-9-21-10-12-25-13-11-21/h3-6,17-18,23H,1-2,7-14H2/t17-,18-/m0/s1. The number of nitrogens with zero attached hydrogens (tertiary/aromatic N) is 2. The molecule has 1 aromatic carbocycles. The van der Waals surface area contributed by atoms with Gasteiger partial charge in [-0.25, -0.2) is 4.39 Å². The molecule has 1 amide bonds. The number of aliphatic hydroxyl groups is 1. The maximum absolute atomic E-state index is 13.1. The monoisotopic (exact) mass is 350 g/mol. The van der Waals surface area contributed by atoms with E-state index in [1.807, 2.05) is 4.90 Å². The van der Waals surface area contributed by atoms with Crippen molar-refractivity contribution in [3.8, 4) is 0 Å². The van der Waals surface area contributed by atoms with Crippen LogP contribution in [0.1, 0.15) is 24.8 Å². The molecule has 0 aliphatic carbocycles. The first-order valence-corrected chi connectivity index (χ1v) is 9.15. The van der Waals surface area contributed by atoms with E-state index in [1.165, 1.54) is 12.1 Å². The molecular formula is C19H27FN2O3. The Morgan fingerprint density at radius 3 is 2.64 bits per heavy atom. The lowest BCUT2D eigenvalue weighted by Crippen LogP contribution is -2.52. The Bertz CT molecular complexity index is 560. The number of rotatable bonds is 5. The molecule has 3 rings (SSSR count). The number of hydrogen-bond acceptors (Lipinski definition) is 4. The third-order valence-electron chi connectivity index (χ3n) is 5.17. The van der Waals surface area contributed by atoms with Gasteiger partial charge in [-0.15, -0.1) is 0 Å². The lowest BCUT2D eigenvalue weighted by atomic mass is 9.92. The second kappa shape index (κ2) is 8.74. The minimum atomic E-state index is -0.522. The molecule has 138 valence electrons. The molecule has 2 saturated heterocycles. The van der Waals surface area contributed by atoms with Crippen LogP contribution in [0.15, 0.2) is 24.3 Å². The Morgan fingerprint density at radius 2 is 1.92 bits per heavy atom. The molecule has 2 fully saturated rings. The fourth-order valence-electron chi connectivity index (χ4n) is 3.68. The highest BCUT2D eigenvalue weighted by molar-refractivity contribution is 5.77. The average molecular weight is 350 g/mol. The fraction of sp³-hybridized carbons (Fsp3) is 0.632. The molecule has 0 saturated carbocycles. The molecule has 0 bridgehead atoms. The van der Waals surface area contributed by atoms with Crippen molar-refractivity contribution in [1.82, 2.24) is 9.80 Å². The van der Waals surface area contributed by atoms with Crippen LogP contribution >= 0.6 is 0 Å². The summed E-state index contributed by atoms with van der Waals surface area (Å²) >= 11 is 0. The van der Waals surface area contributed by atoms with Crippen molar-refractivity contribution in [2.45, 2.75) is 37.8 Å². The number of hydrogen-bond donors (Lipinski definition) is 1. The first kappa shape index (κ1) is 18.3. The van der Waals surface area contributed by atoms with E-state index >= 15 is 0 Å². The van der Waals surface area contributed by atoms with E-state index in [4.69, 9.17) is 4.74 Å². The Morgan fingerprint density at radius 1 is 1.20 bits per heavy atom. The van der Waals surface area contributed by atoms with Gasteiger partial charge in [-0.1, -0.05) is 12.1 Å². The molecule has 2 aliphatic rings. The van der Waals surface area contributed by atoms with Gasteiger partial charge in [0.25, 0.3) is 0 Å². The maximum atomic E-state index is 13.1. The van der Waals surface area contributed by atoms with Gasteiger partial charge in [-0.3, -0.25) is 9.69 Å². The Hall–Kier alpha value is -1.50. The number of carbonyl (C=O) groups excluding carboxylic acids is 1. The third kappa shape index (κ3) is 5.00. The van der Waals surface area contributed by atoms with Crippen LogP contribution in [-0.4, -0.2) is 72.4 Å². The van der Waals surface area contributed by atoms with Gasteiger partial charge >= 0.3 is 0 Å². The van der Waals surface area contributed by atoms with Crippen molar-refractivity contribution in [2.75, 3.05) is 39.4 Å². The van der Waals surface area contributed by atoms with Gasteiger partial charge in [0.15, 0.2) is 0 Å². The quantitative estimate of drug-likeness (QED) is 0.873. The largest absolute Gasteiger partial charge is 0.391 e. The number of aliphatic hydroxyl groups excluding tert-OH is 1. The van der Waals surface area contributed by atoms with Crippen molar-refractivity contribution in [3.63, 3.8) is 0 Å². The highest BCUT2D eigenvalue weighted by Gasteiger charge is 2.33. The van der Waals surface area contributed by atoms with Crippen molar-refractivity contribution >= 4 is 5.91 Å². The van der Waals surface area contributed by atoms with Crippen molar-refractivity contribution in [3.05, 3.63) is 35.6 Å². The van der Waals surface area contributed by atoms with Crippen molar-refractivity contribution in [1.29, 1.82) is 0 Å². The molecule has 0 spiro atoms. The van der Waals surface area contributed by atoms with Gasteiger partial charge < -0.3 is 14.7 Å². The molecule has 0 unspecified atom stereocenters. The fourth-order valence-corrected chi connectivity index (χ4v) is 3.68. The summed E-state index contributed by atoms with van der Waals surface area (Å²) in [6, 6.07) is 6.08. The second-order valence-corrected chi connectivity index (χ2v) is 6.90. The summed E-state index contributed by atoms with van der Waals surface area (Å²) < 4.78 is 18.4. The molecule has 2 heterocycles. The van der Waals surface area contributed by atoms with Crippen LogP contribution < -0.4 is 0 Å². The van der Waals surface area contributed by atoms with E-state index in [0.717, 1.165) is 44.8 Å². The summed E-state index contributed by atoms with van der Waals surface area (Å²) in [4.78, 5) is 16.8. The van der Waals surface area contributed by atoms with E-state index in [9.17, 15) is 14.3 Å². The molecule has 2 aliphatic heterocycles. The summed E-state index contributed by atoms with van der Waals surface area (Å²) in [5.74, 6) is -0.177. The zero-order valence-electron chi connectivity index (χ0n) is 14.6. The predicted octanol–water partition coefficient (Wildman–Crippen LogP) is 1.44. The molecule has 25 heavy (non-hydrogen) atoms. The van der Waals surface area contributed by atoms with Crippen LogP contribution in [-0.2, 0) is 16.0 Å². The third-order valence-corrected chi connectivity index (χ3v) is 5.17. The van der Waals surface area contributed by atoms with Gasteiger partial charge in [0, 0.05) is 32.6 Å². The average Bonchev–Trinajstić information content (AvgIpc) is 2.64. The number of amides is 1. The summed E-state index contributed by atoms with van der Waals surface area (Å²) in [5, 5.41) is 10.4. The Kier molecular flexibility index (Phi) is 6.39. The molecule has 5 nitrogen and oxygen atoms in total. The van der Waals surface area contributed by atoms with Crippen LogP contribution in [0.3, 0.4) is 0 Å². The van der Waals surface area contributed by atoms with E-state index in [2.05, 4.69) is 4.90 Å². The maximum Gasteiger partial charge on any atom is 0.224 e. The Labute approximate surface area is 148 Å². The van der Waals surface area contributed by atoms with Crippen LogP contribution in [0.25, 0.3) is 0 Å². The van der Waals surface area contributed by atoms with E-state index < -0.39 is 6.10 Å². The first-order chi connectivity index (χ1) is 12.1. The van der Waals surface area contributed by atoms with E-state index in [1.54, 1.807) is 12.1 Å².